The summed E-state index contributed by atoms with van der Waals surface area (Å²) in [4.78, 5) is 0. The molecule has 0 nitrogen and oxygen atoms in total. The van der Waals surface area contributed by atoms with Gasteiger partial charge in [0.25, 0.3) is 0 Å². The third-order valence-electron chi connectivity index (χ3n) is 2.88. The minimum absolute atomic E-state index is 0. The van der Waals surface area contributed by atoms with E-state index in [1.807, 2.05) is 0 Å². The van der Waals surface area contributed by atoms with Crippen molar-refractivity contribution in [2.45, 2.75) is 58.8 Å². The van der Waals surface area contributed by atoms with E-state index >= 15 is 0 Å². The predicted octanol–water partition coefficient (Wildman–Crippen LogP) is 5.34. The molecule has 0 saturated carbocycles. The zero-order chi connectivity index (χ0) is 10.4. The molecule has 0 amide bonds. The van der Waals surface area contributed by atoms with Crippen LogP contribution >= 0.6 is 24.8 Å². The van der Waals surface area contributed by atoms with Crippen LogP contribution in [0.2, 0.25) is 0 Å². The molecule has 0 heterocycles. The van der Waals surface area contributed by atoms with Crippen molar-refractivity contribution in [2.24, 2.45) is 0 Å². The smallest absolute Gasteiger partial charge is 0.147 e. The van der Waals surface area contributed by atoms with E-state index in [9.17, 15) is 0 Å². The fourth-order valence-electron chi connectivity index (χ4n) is 1.95. The third-order valence-corrected chi connectivity index (χ3v) is 4.13. The summed E-state index contributed by atoms with van der Waals surface area (Å²) in [5, 5.41) is 0. The maximum Gasteiger partial charge on any atom is -0.147 e. The van der Waals surface area contributed by atoms with Crippen molar-refractivity contribution in [3.63, 3.8) is 0 Å². The number of hydrogen-bond acceptors (Lipinski definition) is 0. The molecule has 0 radical (unpaired) electrons. The minimum atomic E-state index is 0. The zero-order valence-corrected chi connectivity index (χ0v) is 14.4. The van der Waals surface area contributed by atoms with Crippen molar-refractivity contribution in [2.75, 3.05) is 0 Å². The first-order valence-electron chi connectivity index (χ1n) is 5.92. The van der Waals surface area contributed by atoms with Gasteiger partial charge in [-0.2, -0.15) is 0 Å². The molecule has 0 atom stereocenters. The summed E-state index contributed by atoms with van der Waals surface area (Å²) in [6.07, 6.45) is 11.8. The topological polar surface area (TPSA) is 0 Å². The second kappa shape index (κ2) is 11.1. The van der Waals surface area contributed by atoms with Crippen molar-refractivity contribution >= 4 is 24.8 Å². The molecule has 1 rings (SSSR count). The molecule has 1 aliphatic rings. The Morgan fingerprint density at radius 3 is 2.19 bits per heavy atom. The molecule has 0 aromatic heterocycles. The molecular weight excluding hydrogens is 318 g/mol. The van der Waals surface area contributed by atoms with E-state index in [0.29, 0.717) is 0 Å². The first kappa shape index (κ1) is 19.3. The average molecular weight is 341 g/mol. The van der Waals surface area contributed by atoms with Gasteiger partial charge >= 0.3 is 104 Å². The molecule has 0 saturated heterocycles. The summed E-state index contributed by atoms with van der Waals surface area (Å²) in [7, 11) is 0. The maximum atomic E-state index is 2.48. The van der Waals surface area contributed by atoms with E-state index in [-0.39, 0.29) is 24.8 Å². The molecule has 93 valence electrons. The molecule has 0 aromatic rings. The number of allylic oxidation sites excluding steroid dienone is 4. The molecule has 0 fully saturated rings. The van der Waals surface area contributed by atoms with Gasteiger partial charge in [-0.15, -0.1) is 24.8 Å². The van der Waals surface area contributed by atoms with Crippen LogP contribution in [0.15, 0.2) is 20.5 Å². The Hall–Kier alpha value is 0.943. The van der Waals surface area contributed by atoms with Gasteiger partial charge in [-0.25, -0.2) is 0 Å². The summed E-state index contributed by atoms with van der Waals surface area (Å²) >= 11 is 1.64. The molecule has 0 aliphatic heterocycles. The van der Waals surface area contributed by atoms with Gasteiger partial charge in [0, 0.05) is 0 Å². The normalized spacial score (nSPS) is 14.2. The van der Waals surface area contributed by atoms with E-state index < -0.39 is 0 Å². The Morgan fingerprint density at radius 1 is 1.06 bits per heavy atom. The molecule has 0 spiro atoms. The fourth-order valence-corrected chi connectivity index (χ4v) is 2.90. The second-order valence-electron chi connectivity index (χ2n) is 4.10. The largest absolute Gasteiger partial charge is 0.147 e. The monoisotopic (exact) mass is 339 g/mol. The summed E-state index contributed by atoms with van der Waals surface area (Å²) in [6, 6.07) is 0. The van der Waals surface area contributed by atoms with Crippen LogP contribution < -0.4 is 0 Å². The van der Waals surface area contributed by atoms with Gasteiger partial charge in [0.1, 0.15) is 0 Å². The van der Waals surface area contributed by atoms with Gasteiger partial charge in [-0.1, -0.05) is 0 Å². The van der Waals surface area contributed by atoms with Gasteiger partial charge < -0.3 is 0 Å². The van der Waals surface area contributed by atoms with Crippen molar-refractivity contribution in [3.8, 4) is 0 Å². The Morgan fingerprint density at radius 2 is 1.62 bits per heavy atom. The molecule has 1 aliphatic carbocycles. The van der Waals surface area contributed by atoms with Gasteiger partial charge in [0.15, 0.2) is 0 Å². The van der Waals surface area contributed by atoms with Gasteiger partial charge in [0.05, 0.1) is 0 Å². The van der Waals surface area contributed by atoms with E-state index in [1.165, 1.54) is 44.9 Å². The van der Waals surface area contributed by atoms with Gasteiger partial charge in [-0.3, -0.25) is 0 Å². The quantitative estimate of drug-likeness (QED) is 0.611. The summed E-state index contributed by atoms with van der Waals surface area (Å²) in [5.74, 6) is 0. The number of unbranched alkanes of at least 4 members (excludes halogenated alkanes) is 2. The van der Waals surface area contributed by atoms with Crippen molar-refractivity contribution in [3.05, 3.63) is 20.5 Å². The van der Waals surface area contributed by atoms with Crippen molar-refractivity contribution in [1.82, 2.24) is 0 Å². The summed E-state index contributed by atoms with van der Waals surface area (Å²) in [5.41, 5.74) is 3.42. The standard InChI is InChI=1S/C13H21.2ClH.Zr/c1-3-5-8-12-10-7-11-13(12)9-6-4-2;;;/h10H,3-9H2,1-2H3;2*1H;. The number of rotatable bonds is 6. The van der Waals surface area contributed by atoms with E-state index in [0.717, 1.165) is 0 Å². The molecule has 0 unspecified atom stereocenters. The molecule has 16 heavy (non-hydrogen) atoms. The van der Waals surface area contributed by atoms with Crippen LogP contribution in [0.25, 0.3) is 0 Å². The fraction of sp³-hybridized carbons (Fsp3) is 0.692. The Balaban J connectivity index is 0. The van der Waals surface area contributed by atoms with Crippen LogP contribution in [0, 0.1) is 0 Å². The zero-order valence-electron chi connectivity index (χ0n) is 10.3. The first-order chi connectivity index (χ1) is 6.79. The van der Waals surface area contributed by atoms with Crippen LogP contribution in [-0.2, 0) is 24.7 Å². The Labute approximate surface area is 128 Å². The number of hydrogen-bond donors (Lipinski definition) is 0. The molecule has 0 bridgehead atoms. The average Bonchev–Trinajstić information content (AvgIpc) is 2.53. The van der Waals surface area contributed by atoms with E-state index in [2.05, 4.69) is 19.9 Å². The van der Waals surface area contributed by atoms with Crippen LogP contribution in [0.4, 0.5) is 0 Å². The van der Waals surface area contributed by atoms with Crippen molar-refractivity contribution in [1.29, 1.82) is 0 Å². The third kappa shape index (κ3) is 6.03. The predicted molar refractivity (Wildman–Crippen MR) is 73.3 cm³/mol. The van der Waals surface area contributed by atoms with E-state index in [4.69, 9.17) is 0 Å². The number of halogens is 2. The molecule has 0 N–H and O–H groups in total. The van der Waals surface area contributed by atoms with Gasteiger partial charge in [-0.05, 0) is 0 Å². The minimum Gasteiger partial charge on any atom is -0.147 e. The Bertz CT molecular complexity index is 244. The van der Waals surface area contributed by atoms with E-state index in [1.54, 1.807) is 39.1 Å². The summed E-state index contributed by atoms with van der Waals surface area (Å²) in [6.45, 7) is 4.57. The van der Waals surface area contributed by atoms with Crippen LogP contribution in [-0.4, -0.2) is 0 Å². The SMILES string of the molecule is CCCCC1=CC[C]([Zr])=C1CCCC.Cl.Cl. The molecule has 3 heteroatoms. The van der Waals surface area contributed by atoms with Crippen LogP contribution in [0.1, 0.15) is 58.8 Å². The van der Waals surface area contributed by atoms with Crippen molar-refractivity contribution < 1.29 is 24.7 Å². The second-order valence-corrected chi connectivity index (χ2v) is 5.58. The van der Waals surface area contributed by atoms with Crippen LogP contribution in [0.5, 0.6) is 0 Å². The first-order valence-corrected chi connectivity index (χ1v) is 7.15. The van der Waals surface area contributed by atoms with Crippen LogP contribution in [0.3, 0.4) is 0 Å². The van der Waals surface area contributed by atoms with Gasteiger partial charge in [0.2, 0.25) is 0 Å². The maximum absolute atomic E-state index is 2.48. The Kier molecular flexibility index (Phi) is 13.3. The summed E-state index contributed by atoms with van der Waals surface area (Å²) < 4.78 is 1.72. The molecular formula is C13H23Cl2Zr. The molecule has 0 aromatic carbocycles.